The van der Waals surface area contributed by atoms with Crippen LogP contribution in [0.5, 0.6) is 0 Å². The number of rotatable bonds is 0. The SMILES string of the molecule is CN1CCCS(=S)N1C. The van der Waals surface area contributed by atoms with Gasteiger partial charge in [0.05, 0.1) is 0 Å². The first-order valence-electron chi connectivity index (χ1n) is 3.05. The van der Waals surface area contributed by atoms with Crippen molar-refractivity contribution in [2.75, 3.05) is 26.4 Å². The van der Waals surface area contributed by atoms with E-state index in [1.54, 1.807) is 0 Å². The first kappa shape index (κ1) is 7.60. The summed E-state index contributed by atoms with van der Waals surface area (Å²) in [5.41, 5.74) is 0. The van der Waals surface area contributed by atoms with Gasteiger partial charge in [-0.3, -0.25) is 0 Å². The lowest BCUT2D eigenvalue weighted by molar-refractivity contribution is 0.124. The van der Waals surface area contributed by atoms with E-state index in [1.165, 1.54) is 12.2 Å². The Balaban J connectivity index is 2.51. The summed E-state index contributed by atoms with van der Waals surface area (Å²) in [6.07, 6.45) is 1.26. The quantitative estimate of drug-likeness (QED) is 0.504. The molecule has 0 aromatic rings. The number of hydrazine groups is 1. The van der Waals surface area contributed by atoms with Crippen molar-refractivity contribution in [1.82, 2.24) is 9.42 Å². The van der Waals surface area contributed by atoms with Crippen molar-refractivity contribution in [1.29, 1.82) is 0 Å². The van der Waals surface area contributed by atoms with Crippen LogP contribution in [0, 0.1) is 0 Å². The first-order valence-corrected chi connectivity index (χ1v) is 5.32. The van der Waals surface area contributed by atoms with Crippen LogP contribution in [0.25, 0.3) is 0 Å². The lowest BCUT2D eigenvalue weighted by Crippen LogP contribution is -2.43. The third-order valence-electron chi connectivity index (χ3n) is 1.58. The van der Waals surface area contributed by atoms with Gasteiger partial charge in [0.1, 0.15) is 0 Å². The second kappa shape index (κ2) is 3.05. The summed E-state index contributed by atoms with van der Waals surface area (Å²) in [4.78, 5) is 0. The summed E-state index contributed by atoms with van der Waals surface area (Å²) >= 11 is 5.20. The third kappa shape index (κ3) is 1.70. The standard InChI is InChI=1S/C5H12N2S2/c1-6-4-3-5-9(8)7(6)2/h3-5H2,1-2H3. The molecule has 54 valence electrons. The lowest BCUT2D eigenvalue weighted by atomic mass is 10.5. The Morgan fingerprint density at radius 2 is 2.11 bits per heavy atom. The van der Waals surface area contributed by atoms with Gasteiger partial charge in [-0.25, -0.2) is 5.01 Å². The van der Waals surface area contributed by atoms with Crippen LogP contribution in [0.2, 0.25) is 0 Å². The molecule has 0 aromatic heterocycles. The molecule has 0 saturated carbocycles. The van der Waals surface area contributed by atoms with Crippen molar-refractivity contribution < 1.29 is 0 Å². The van der Waals surface area contributed by atoms with Gasteiger partial charge in [-0.05, 0) is 27.2 Å². The Kier molecular flexibility index (Phi) is 2.58. The summed E-state index contributed by atoms with van der Waals surface area (Å²) in [6.45, 7) is 1.16. The molecule has 1 heterocycles. The minimum atomic E-state index is 0.0775. The molecule has 1 rings (SSSR count). The molecular formula is C5H12N2S2. The van der Waals surface area contributed by atoms with Crippen molar-refractivity contribution in [2.24, 2.45) is 0 Å². The van der Waals surface area contributed by atoms with Crippen LogP contribution in [0.3, 0.4) is 0 Å². The third-order valence-corrected chi connectivity index (χ3v) is 4.23. The summed E-state index contributed by atoms with van der Waals surface area (Å²) < 4.78 is 2.15. The summed E-state index contributed by atoms with van der Waals surface area (Å²) in [5.74, 6) is 1.19. The van der Waals surface area contributed by atoms with Crippen LogP contribution in [0.4, 0.5) is 0 Å². The van der Waals surface area contributed by atoms with Crippen LogP contribution < -0.4 is 0 Å². The fraction of sp³-hybridized carbons (Fsp3) is 1.00. The van der Waals surface area contributed by atoms with E-state index < -0.39 is 0 Å². The zero-order chi connectivity index (χ0) is 6.85. The van der Waals surface area contributed by atoms with Gasteiger partial charge in [0, 0.05) is 26.4 Å². The molecule has 1 fully saturated rings. The summed E-state index contributed by atoms with van der Waals surface area (Å²) in [6, 6.07) is 0. The van der Waals surface area contributed by atoms with E-state index in [-0.39, 0.29) is 9.64 Å². The number of hydrogen-bond acceptors (Lipinski definition) is 2. The second-order valence-electron chi connectivity index (χ2n) is 2.22. The van der Waals surface area contributed by atoms with E-state index in [1.807, 2.05) is 0 Å². The summed E-state index contributed by atoms with van der Waals surface area (Å²) in [5, 5.41) is 2.19. The molecular weight excluding hydrogens is 152 g/mol. The molecule has 0 amide bonds. The highest BCUT2D eigenvalue weighted by atomic mass is 32.8. The zero-order valence-electron chi connectivity index (χ0n) is 5.83. The van der Waals surface area contributed by atoms with E-state index >= 15 is 0 Å². The van der Waals surface area contributed by atoms with E-state index in [0.717, 1.165) is 6.54 Å². The fourth-order valence-electron chi connectivity index (χ4n) is 0.845. The van der Waals surface area contributed by atoms with Crippen molar-refractivity contribution in [2.45, 2.75) is 6.42 Å². The molecule has 2 nitrogen and oxygen atoms in total. The molecule has 0 radical (unpaired) electrons. The maximum Gasteiger partial charge on any atom is 0.0147 e. The van der Waals surface area contributed by atoms with E-state index in [2.05, 4.69) is 23.5 Å². The highest BCUT2D eigenvalue weighted by molar-refractivity contribution is 8.27. The molecule has 0 aliphatic carbocycles. The topological polar surface area (TPSA) is 6.48 Å². The highest BCUT2D eigenvalue weighted by Gasteiger charge is 2.14. The number of hydrogen-bond donors (Lipinski definition) is 0. The zero-order valence-corrected chi connectivity index (χ0v) is 7.47. The molecule has 0 spiro atoms. The van der Waals surface area contributed by atoms with Crippen molar-refractivity contribution in [3.05, 3.63) is 0 Å². The van der Waals surface area contributed by atoms with Crippen LogP contribution in [0.1, 0.15) is 6.42 Å². The van der Waals surface area contributed by atoms with Gasteiger partial charge in [0.15, 0.2) is 0 Å². The van der Waals surface area contributed by atoms with Gasteiger partial charge in [-0.15, -0.1) is 0 Å². The molecule has 9 heavy (non-hydrogen) atoms. The highest BCUT2D eigenvalue weighted by Crippen LogP contribution is 2.06. The average Bonchev–Trinajstić information content (AvgIpc) is 1.83. The largest absolute Gasteiger partial charge is 0.235 e. The Hall–Kier alpha value is 0.490. The predicted octanol–water partition coefficient (Wildman–Crippen LogP) is 0.164. The molecule has 1 saturated heterocycles. The van der Waals surface area contributed by atoms with Crippen LogP contribution in [0.15, 0.2) is 0 Å². The smallest absolute Gasteiger partial charge is 0.0147 e. The minimum Gasteiger partial charge on any atom is -0.235 e. The molecule has 0 N–H and O–H groups in total. The van der Waals surface area contributed by atoms with Gasteiger partial charge >= 0.3 is 0 Å². The molecule has 0 bridgehead atoms. The second-order valence-corrected chi connectivity index (χ2v) is 4.96. The Morgan fingerprint density at radius 3 is 2.56 bits per heavy atom. The van der Waals surface area contributed by atoms with Gasteiger partial charge in [-0.1, -0.05) is 0 Å². The molecule has 1 aliphatic heterocycles. The van der Waals surface area contributed by atoms with Crippen LogP contribution in [-0.2, 0) is 20.8 Å². The molecule has 4 heteroatoms. The maximum atomic E-state index is 5.20. The van der Waals surface area contributed by atoms with Crippen LogP contribution in [-0.4, -0.2) is 35.8 Å². The molecule has 1 atom stereocenters. The van der Waals surface area contributed by atoms with Gasteiger partial charge in [0.25, 0.3) is 0 Å². The number of nitrogens with zero attached hydrogens (tertiary/aromatic N) is 2. The van der Waals surface area contributed by atoms with E-state index in [0.29, 0.717) is 0 Å². The predicted molar refractivity (Wildman–Crippen MR) is 44.6 cm³/mol. The molecule has 1 unspecified atom stereocenters. The van der Waals surface area contributed by atoms with E-state index in [4.69, 9.17) is 11.2 Å². The lowest BCUT2D eigenvalue weighted by Gasteiger charge is -2.33. The Morgan fingerprint density at radius 1 is 1.44 bits per heavy atom. The molecule has 1 aliphatic rings. The van der Waals surface area contributed by atoms with Crippen LogP contribution >= 0.6 is 0 Å². The average molecular weight is 164 g/mol. The normalized spacial score (nSPS) is 32.9. The van der Waals surface area contributed by atoms with Crippen molar-refractivity contribution in [3.63, 3.8) is 0 Å². The summed E-state index contributed by atoms with van der Waals surface area (Å²) in [7, 11) is 4.23. The van der Waals surface area contributed by atoms with Crippen molar-refractivity contribution >= 4 is 20.8 Å². The monoisotopic (exact) mass is 164 g/mol. The van der Waals surface area contributed by atoms with Gasteiger partial charge in [-0.2, -0.15) is 4.41 Å². The minimum absolute atomic E-state index is 0.0775. The van der Waals surface area contributed by atoms with Gasteiger partial charge < -0.3 is 0 Å². The van der Waals surface area contributed by atoms with E-state index in [9.17, 15) is 0 Å². The van der Waals surface area contributed by atoms with Gasteiger partial charge in [0.2, 0.25) is 0 Å². The first-order chi connectivity index (χ1) is 4.22. The Labute approximate surface area is 63.5 Å². The maximum absolute atomic E-state index is 5.20. The fourth-order valence-corrected chi connectivity index (χ4v) is 2.57. The Bertz CT molecular complexity index is 126. The molecule has 0 aromatic carbocycles. The van der Waals surface area contributed by atoms with Crippen molar-refractivity contribution in [3.8, 4) is 0 Å².